The summed E-state index contributed by atoms with van der Waals surface area (Å²) in [6.07, 6.45) is 10.4. The molecule has 1 N–H and O–H groups in total. The van der Waals surface area contributed by atoms with Crippen molar-refractivity contribution in [1.29, 1.82) is 0 Å². The quantitative estimate of drug-likeness (QED) is 0.737. The standard InChI is InChI=1S/C16H21N5O2/c1-2-3-6-16(19-20-16)7-8-17-15(22)5-4-13-11-18-14-12-23-10-9-21(13)14/h1,11H,3-10,12H2,(H,17,22). The third-order valence-electron chi connectivity index (χ3n) is 4.22. The van der Waals surface area contributed by atoms with Gasteiger partial charge in [0, 0.05) is 50.7 Å². The maximum Gasteiger partial charge on any atom is 0.220 e. The second-order valence-electron chi connectivity index (χ2n) is 5.86. The molecule has 2 aliphatic rings. The Morgan fingerprint density at radius 2 is 2.35 bits per heavy atom. The Hall–Kier alpha value is -2.20. The third-order valence-corrected chi connectivity index (χ3v) is 4.22. The maximum absolute atomic E-state index is 12.0. The van der Waals surface area contributed by atoms with Gasteiger partial charge in [0.25, 0.3) is 0 Å². The van der Waals surface area contributed by atoms with Crippen LogP contribution in [0, 0.1) is 12.3 Å². The van der Waals surface area contributed by atoms with Crippen molar-refractivity contribution in [3.63, 3.8) is 0 Å². The summed E-state index contributed by atoms with van der Waals surface area (Å²) >= 11 is 0. The molecule has 0 radical (unpaired) electrons. The fourth-order valence-corrected chi connectivity index (χ4v) is 2.76. The van der Waals surface area contributed by atoms with E-state index in [2.05, 4.69) is 31.0 Å². The molecule has 0 aromatic carbocycles. The van der Waals surface area contributed by atoms with Crippen molar-refractivity contribution >= 4 is 5.91 Å². The highest BCUT2D eigenvalue weighted by atomic mass is 16.5. The Bertz CT molecular complexity index is 637. The second kappa shape index (κ2) is 6.92. The summed E-state index contributed by atoms with van der Waals surface area (Å²) in [7, 11) is 0. The number of nitrogens with one attached hydrogen (secondary N) is 1. The number of amides is 1. The number of hydrogen-bond acceptors (Lipinski definition) is 5. The van der Waals surface area contributed by atoms with E-state index in [4.69, 9.17) is 11.2 Å². The summed E-state index contributed by atoms with van der Waals surface area (Å²) in [6, 6.07) is 0. The Kier molecular flexibility index (Phi) is 4.72. The smallest absolute Gasteiger partial charge is 0.220 e. The Balaban J connectivity index is 1.37. The Labute approximate surface area is 135 Å². The van der Waals surface area contributed by atoms with Gasteiger partial charge in [-0.3, -0.25) is 4.79 Å². The van der Waals surface area contributed by atoms with E-state index >= 15 is 0 Å². The van der Waals surface area contributed by atoms with Crippen LogP contribution in [-0.4, -0.2) is 34.3 Å². The summed E-state index contributed by atoms with van der Waals surface area (Å²) < 4.78 is 7.51. The van der Waals surface area contributed by atoms with E-state index in [0.29, 0.717) is 39.0 Å². The summed E-state index contributed by atoms with van der Waals surface area (Å²) in [4.78, 5) is 16.3. The average Bonchev–Trinajstić information content (AvgIpc) is 3.22. The number of fused-ring (bicyclic) bond motifs is 1. The van der Waals surface area contributed by atoms with Gasteiger partial charge < -0.3 is 14.6 Å². The van der Waals surface area contributed by atoms with Gasteiger partial charge in [-0.25, -0.2) is 4.98 Å². The van der Waals surface area contributed by atoms with Gasteiger partial charge in [0.05, 0.1) is 6.61 Å². The molecular formula is C16H21N5O2. The van der Waals surface area contributed by atoms with Crippen LogP contribution >= 0.6 is 0 Å². The SMILES string of the molecule is C#CCCC1(CCNC(=O)CCc2cnc3n2CCOC3)N=N1. The highest BCUT2D eigenvalue weighted by Gasteiger charge is 2.38. The number of aryl methyl sites for hydroxylation is 1. The first-order chi connectivity index (χ1) is 11.2. The van der Waals surface area contributed by atoms with Crippen LogP contribution in [0.2, 0.25) is 0 Å². The van der Waals surface area contributed by atoms with Crippen LogP contribution in [0.15, 0.2) is 16.4 Å². The number of terminal acetylenes is 1. The van der Waals surface area contributed by atoms with Crippen LogP contribution in [0.1, 0.15) is 37.2 Å². The van der Waals surface area contributed by atoms with Crippen molar-refractivity contribution in [1.82, 2.24) is 14.9 Å². The molecule has 7 heteroatoms. The molecule has 23 heavy (non-hydrogen) atoms. The van der Waals surface area contributed by atoms with Gasteiger partial charge >= 0.3 is 0 Å². The summed E-state index contributed by atoms with van der Waals surface area (Å²) in [5.74, 6) is 3.58. The predicted octanol–water partition coefficient (Wildman–Crippen LogP) is 1.43. The van der Waals surface area contributed by atoms with Gasteiger partial charge in [-0.05, 0) is 6.42 Å². The van der Waals surface area contributed by atoms with Crippen LogP contribution in [0.4, 0.5) is 0 Å². The molecule has 1 aromatic heterocycles. The van der Waals surface area contributed by atoms with Crippen molar-refractivity contribution < 1.29 is 9.53 Å². The van der Waals surface area contributed by atoms with E-state index in [9.17, 15) is 4.79 Å². The van der Waals surface area contributed by atoms with Gasteiger partial charge in [-0.15, -0.1) is 12.3 Å². The molecule has 0 atom stereocenters. The molecular weight excluding hydrogens is 294 g/mol. The molecule has 0 fully saturated rings. The van der Waals surface area contributed by atoms with Crippen molar-refractivity contribution in [2.45, 2.75) is 50.9 Å². The van der Waals surface area contributed by atoms with E-state index in [-0.39, 0.29) is 11.6 Å². The summed E-state index contributed by atoms with van der Waals surface area (Å²) in [5.41, 5.74) is 0.764. The number of aromatic nitrogens is 2. The minimum atomic E-state index is -0.329. The number of nitrogens with zero attached hydrogens (tertiary/aromatic N) is 4. The van der Waals surface area contributed by atoms with Crippen LogP contribution in [0.3, 0.4) is 0 Å². The molecule has 1 amide bonds. The molecule has 2 aliphatic heterocycles. The van der Waals surface area contributed by atoms with E-state index in [1.54, 1.807) is 0 Å². The first-order valence-corrected chi connectivity index (χ1v) is 7.98. The lowest BCUT2D eigenvalue weighted by atomic mass is 10.0. The molecule has 0 saturated heterocycles. The molecule has 1 aromatic rings. The van der Waals surface area contributed by atoms with E-state index < -0.39 is 0 Å². The van der Waals surface area contributed by atoms with Gasteiger partial charge in [0.15, 0.2) is 5.66 Å². The number of rotatable bonds is 8. The molecule has 3 rings (SSSR count). The largest absolute Gasteiger partial charge is 0.372 e. The van der Waals surface area contributed by atoms with E-state index in [1.807, 2.05) is 6.20 Å². The van der Waals surface area contributed by atoms with Crippen LogP contribution < -0.4 is 5.32 Å². The third kappa shape index (κ3) is 3.96. The molecule has 122 valence electrons. The van der Waals surface area contributed by atoms with Crippen molar-refractivity contribution in [3.8, 4) is 12.3 Å². The fourth-order valence-electron chi connectivity index (χ4n) is 2.76. The maximum atomic E-state index is 12.0. The lowest BCUT2D eigenvalue weighted by molar-refractivity contribution is -0.121. The summed E-state index contributed by atoms with van der Waals surface area (Å²) in [5, 5.41) is 11.0. The van der Waals surface area contributed by atoms with E-state index in [1.165, 1.54) is 0 Å². The van der Waals surface area contributed by atoms with Gasteiger partial charge in [0.1, 0.15) is 12.4 Å². The zero-order valence-corrected chi connectivity index (χ0v) is 13.1. The fraction of sp³-hybridized carbons (Fsp3) is 0.625. The normalized spacial score (nSPS) is 17.3. The lowest BCUT2D eigenvalue weighted by Gasteiger charge is -2.17. The first-order valence-electron chi connectivity index (χ1n) is 7.98. The monoisotopic (exact) mass is 315 g/mol. The average molecular weight is 315 g/mol. The van der Waals surface area contributed by atoms with Crippen molar-refractivity contribution in [3.05, 3.63) is 17.7 Å². The Morgan fingerprint density at radius 3 is 3.13 bits per heavy atom. The number of carbonyl (C=O) groups excluding carboxylic acids is 1. The first kappa shape index (κ1) is 15.7. The van der Waals surface area contributed by atoms with E-state index in [0.717, 1.165) is 30.9 Å². The second-order valence-corrected chi connectivity index (χ2v) is 5.86. The highest BCUT2D eigenvalue weighted by Crippen LogP contribution is 2.35. The molecule has 0 unspecified atom stereocenters. The van der Waals surface area contributed by atoms with Crippen LogP contribution in [-0.2, 0) is 29.1 Å². The molecule has 0 aliphatic carbocycles. The molecule has 0 spiro atoms. The van der Waals surface area contributed by atoms with Gasteiger partial charge in [-0.1, -0.05) is 0 Å². The zero-order valence-electron chi connectivity index (χ0n) is 13.1. The van der Waals surface area contributed by atoms with Crippen LogP contribution in [0.5, 0.6) is 0 Å². The molecule has 7 nitrogen and oxygen atoms in total. The predicted molar refractivity (Wildman–Crippen MR) is 83.5 cm³/mol. The number of hydrogen-bond donors (Lipinski definition) is 1. The lowest BCUT2D eigenvalue weighted by Crippen LogP contribution is -2.28. The zero-order chi connectivity index (χ0) is 16.1. The molecule has 0 bridgehead atoms. The van der Waals surface area contributed by atoms with Crippen molar-refractivity contribution in [2.24, 2.45) is 10.2 Å². The number of imidazole rings is 1. The molecule has 0 saturated carbocycles. The number of carbonyl (C=O) groups is 1. The minimum Gasteiger partial charge on any atom is -0.372 e. The highest BCUT2D eigenvalue weighted by molar-refractivity contribution is 5.76. The molecule has 3 heterocycles. The summed E-state index contributed by atoms with van der Waals surface area (Å²) in [6.45, 7) is 2.65. The van der Waals surface area contributed by atoms with Crippen molar-refractivity contribution in [2.75, 3.05) is 13.2 Å². The topological polar surface area (TPSA) is 80.9 Å². The Morgan fingerprint density at radius 1 is 1.48 bits per heavy atom. The van der Waals surface area contributed by atoms with Crippen LogP contribution in [0.25, 0.3) is 0 Å². The number of ether oxygens (including phenoxy) is 1. The van der Waals surface area contributed by atoms with Gasteiger partial charge in [0.2, 0.25) is 5.91 Å². The minimum absolute atomic E-state index is 0.0420. The van der Waals surface area contributed by atoms with Gasteiger partial charge in [-0.2, -0.15) is 10.2 Å².